The summed E-state index contributed by atoms with van der Waals surface area (Å²) in [6.45, 7) is 0.413. The van der Waals surface area contributed by atoms with E-state index < -0.39 is 0 Å². The fraction of sp³-hybridized carbons (Fsp3) is 0.160. The van der Waals surface area contributed by atoms with Gasteiger partial charge >= 0.3 is 0 Å². The Kier molecular flexibility index (Phi) is 6.46. The van der Waals surface area contributed by atoms with E-state index in [0.717, 1.165) is 22.1 Å². The van der Waals surface area contributed by atoms with Gasteiger partial charge in [-0.3, -0.25) is 9.59 Å². The van der Waals surface area contributed by atoms with Crippen LogP contribution in [0.5, 0.6) is 11.5 Å². The highest BCUT2D eigenvalue weighted by molar-refractivity contribution is 5.84. The zero-order valence-corrected chi connectivity index (χ0v) is 17.7. The maximum atomic E-state index is 12.1. The summed E-state index contributed by atoms with van der Waals surface area (Å²) < 4.78 is 12.1. The standard InChI is InChI=1S/C25H23N3O4/c1-31-21-9-7-19(8-10-21)23-12-13-25(30)28(27-23)15-14-26-24(29)17-32-22-11-6-18-4-2-3-5-20(18)16-22/h2-13,16H,14-15,17H2,1H3,(H,26,29). The lowest BCUT2D eigenvalue weighted by Gasteiger charge is -2.10. The van der Waals surface area contributed by atoms with Gasteiger partial charge in [0.1, 0.15) is 11.5 Å². The highest BCUT2D eigenvalue weighted by atomic mass is 16.5. The number of aromatic nitrogens is 2. The van der Waals surface area contributed by atoms with Crippen LogP contribution in [0.4, 0.5) is 0 Å². The van der Waals surface area contributed by atoms with Gasteiger partial charge in [-0.2, -0.15) is 5.10 Å². The predicted octanol–water partition coefficient (Wildman–Crippen LogP) is 3.27. The molecule has 1 heterocycles. The van der Waals surface area contributed by atoms with E-state index in [1.807, 2.05) is 66.7 Å². The molecule has 1 aromatic heterocycles. The summed E-state index contributed by atoms with van der Waals surface area (Å²) in [5.41, 5.74) is 1.30. The molecule has 7 nitrogen and oxygen atoms in total. The van der Waals surface area contributed by atoms with Crippen LogP contribution in [0.15, 0.2) is 83.7 Å². The molecule has 32 heavy (non-hydrogen) atoms. The van der Waals surface area contributed by atoms with E-state index in [-0.39, 0.29) is 31.2 Å². The number of hydrogen-bond donors (Lipinski definition) is 1. The lowest BCUT2D eigenvalue weighted by atomic mass is 10.1. The van der Waals surface area contributed by atoms with Gasteiger partial charge in [0.25, 0.3) is 11.5 Å². The highest BCUT2D eigenvalue weighted by Gasteiger charge is 2.06. The third-order valence-electron chi connectivity index (χ3n) is 4.99. The zero-order chi connectivity index (χ0) is 22.3. The molecule has 0 spiro atoms. The lowest BCUT2D eigenvalue weighted by molar-refractivity contribution is -0.123. The van der Waals surface area contributed by atoms with Crippen molar-refractivity contribution in [3.05, 3.63) is 89.2 Å². The van der Waals surface area contributed by atoms with Crippen molar-refractivity contribution in [3.8, 4) is 22.8 Å². The minimum atomic E-state index is -0.266. The van der Waals surface area contributed by atoms with Gasteiger partial charge in [-0.25, -0.2) is 4.68 Å². The zero-order valence-electron chi connectivity index (χ0n) is 17.7. The van der Waals surface area contributed by atoms with Crippen molar-refractivity contribution >= 4 is 16.7 Å². The molecular formula is C25H23N3O4. The summed E-state index contributed by atoms with van der Waals surface area (Å²) in [6.07, 6.45) is 0. The molecule has 3 aromatic carbocycles. The predicted molar refractivity (Wildman–Crippen MR) is 123 cm³/mol. The first kappa shape index (κ1) is 21.1. The van der Waals surface area contributed by atoms with Gasteiger partial charge in [0.2, 0.25) is 0 Å². The highest BCUT2D eigenvalue weighted by Crippen LogP contribution is 2.21. The number of rotatable bonds is 8. The Morgan fingerprint density at radius 3 is 2.47 bits per heavy atom. The Balaban J connectivity index is 1.31. The van der Waals surface area contributed by atoms with E-state index in [4.69, 9.17) is 9.47 Å². The summed E-state index contributed by atoms with van der Waals surface area (Å²) in [5, 5.41) is 9.32. The summed E-state index contributed by atoms with van der Waals surface area (Å²) in [4.78, 5) is 24.3. The number of carbonyl (C=O) groups excluding carboxylic acids is 1. The molecule has 0 atom stereocenters. The van der Waals surface area contributed by atoms with Crippen molar-refractivity contribution in [2.45, 2.75) is 6.54 Å². The molecule has 1 amide bonds. The van der Waals surface area contributed by atoms with Crippen molar-refractivity contribution in [3.63, 3.8) is 0 Å². The number of amides is 1. The van der Waals surface area contributed by atoms with Crippen LogP contribution in [-0.4, -0.2) is 35.9 Å². The summed E-state index contributed by atoms with van der Waals surface area (Å²) >= 11 is 0. The fourth-order valence-electron chi connectivity index (χ4n) is 3.28. The van der Waals surface area contributed by atoms with Crippen LogP contribution in [0.25, 0.3) is 22.0 Å². The first-order valence-electron chi connectivity index (χ1n) is 10.2. The molecule has 0 unspecified atom stereocenters. The second kappa shape index (κ2) is 9.78. The van der Waals surface area contributed by atoms with Crippen molar-refractivity contribution < 1.29 is 14.3 Å². The Hall–Kier alpha value is -4.13. The molecule has 0 fully saturated rings. The summed E-state index contributed by atoms with van der Waals surface area (Å²) in [5.74, 6) is 1.11. The molecule has 0 bridgehead atoms. The maximum absolute atomic E-state index is 12.1. The molecule has 0 aliphatic heterocycles. The SMILES string of the molecule is COc1ccc(-c2ccc(=O)n(CCNC(=O)COc3ccc4ccccc4c3)n2)cc1. The number of ether oxygens (including phenoxy) is 2. The molecule has 4 rings (SSSR count). The summed E-state index contributed by atoms with van der Waals surface area (Å²) in [7, 11) is 1.61. The van der Waals surface area contributed by atoms with E-state index in [9.17, 15) is 9.59 Å². The minimum Gasteiger partial charge on any atom is -0.497 e. The van der Waals surface area contributed by atoms with Gasteiger partial charge < -0.3 is 14.8 Å². The molecule has 0 radical (unpaired) electrons. The van der Waals surface area contributed by atoms with Crippen molar-refractivity contribution in [1.82, 2.24) is 15.1 Å². The van der Waals surface area contributed by atoms with Gasteiger partial charge in [0.15, 0.2) is 6.61 Å². The molecule has 4 aromatic rings. The number of nitrogens with zero attached hydrogens (tertiary/aromatic N) is 2. The number of methoxy groups -OCH3 is 1. The minimum absolute atomic E-state index is 0.105. The first-order chi connectivity index (χ1) is 15.6. The van der Waals surface area contributed by atoms with E-state index in [2.05, 4.69) is 10.4 Å². The molecule has 7 heteroatoms. The fourth-order valence-corrected chi connectivity index (χ4v) is 3.28. The topological polar surface area (TPSA) is 82.5 Å². The van der Waals surface area contributed by atoms with Crippen molar-refractivity contribution in [2.75, 3.05) is 20.3 Å². The van der Waals surface area contributed by atoms with Gasteiger partial charge in [-0.15, -0.1) is 0 Å². The van der Waals surface area contributed by atoms with Crippen LogP contribution in [-0.2, 0) is 11.3 Å². The number of benzene rings is 3. The number of nitrogens with one attached hydrogen (secondary N) is 1. The molecular weight excluding hydrogens is 406 g/mol. The average molecular weight is 429 g/mol. The van der Waals surface area contributed by atoms with E-state index in [1.165, 1.54) is 10.7 Å². The molecule has 0 saturated heterocycles. The van der Waals surface area contributed by atoms with Gasteiger partial charge in [-0.05, 0) is 53.2 Å². The van der Waals surface area contributed by atoms with Crippen molar-refractivity contribution in [1.29, 1.82) is 0 Å². The number of hydrogen-bond acceptors (Lipinski definition) is 5. The largest absolute Gasteiger partial charge is 0.497 e. The number of fused-ring (bicyclic) bond motifs is 1. The third-order valence-corrected chi connectivity index (χ3v) is 4.99. The van der Waals surface area contributed by atoms with E-state index >= 15 is 0 Å². The maximum Gasteiger partial charge on any atom is 0.266 e. The smallest absolute Gasteiger partial charge is 0.266 e. The van der Waals surface area contributed by atoms with Crippen LogP contribution >= 0.6 is 0 Å². The monoisotopic (exact) mass is 429 g/mol. The quantitative estimate of drug-likeness (QED) is 0.465. The number of carbonyl (C=O) groups is 1. The van der Waals surface area contributed by atoms with Crippen LogP contribution in [0, 0.1) is 0 Å². The summed E-state index contributed by atoms with van der Waals surface area (Å²) in [6, 6.07) is 24.2. The second-order valence-electron chi connectivity index (χ2n) is 7.16. The molecule has 0 aliphatic carbocycles. The van der Waals surface area contributed by atoms with Gasteiger partial charge in [0.05, 0.1) is 19.3 Å². The molecule has 0 aliphatic rings. The van der Waals surface area contributed by atoms with Crippen LogP contribution < -0.4 is 20.3 Å². The Morgan fingerprint density at radius 2 is 1.69 bits per heavy atom. The Labute approximate surface area is 185 Å². The molecule has 0 saturated carbocycles. The van der Waals surface area contributed by atoms with Crippen LogP contribution in [0.2, 0.25) is 0 Å². The van der Waals surface area contributed by atoms with Crippen LogP contribution in [0.1, 0.15) is 0 Å². The lowest BCUT2D eigenvalue weighted by Crippen LogP contribution is -2.34. The second-order valence-corrected chi connectivity index (χ2v) is 7.16. The van der Waals surface area contributed by atoms with Gasteiger partial charge in [-0.1, -0.05) is 30.3 Å². The Bertz CT molecular complexity index is 1280. The molecule has 1 N–H and O–H groups in total. The van der Waals surface area contributed by atoms with E-state index in [0.29, 0.717) is 11.4 Å². The normalized spacial score (nSPS) is 10.7. The van der Waals surface area contributed by atoms with E-state index in [1.54, 1.807) is 13.2 Å². The average Bonchev–Trinajstić information content (AvgIpc) is 2.84. The first-order valence-corrected chi connectivity index (χ1v) is 10.2. The van der Waals surface area contributed by atoms with Gasteiger partial charge in [0, 0.05) is 18.2 Å². The Morgan fingerprint density at radius 1 is 0.938 bits per heavy atom. The third kappa shape index (κ3) is 5.13. The van der Waals surface area contributed by atoms with Crippen LogP contribution in [0.3, 0.4) is 0 Å². The van der Waals surface area contributed by atoms with Crippen molar-refractivity contribution in [2.24, 2.45) is 0 Å². The molecule has 162 valence electrons.